The van der Waals surface area contributed by atoms with Gasteiger partial charge in [0.2, 0.25) is 5.91 Å². The molecule has 3 rings (SSSR count). The Morgan fingerprint density at radius 1 is 1.40 bits per heavy atom. The van der Waals surface area contributed by atoms with Gasteiger partial charge in [0.05, 0.1) is 6.61 Å². The highest BCUT2D eigenvalue weighted by molar-refractivity contribution is 5.84. The molecule has 6 nitrogen and oxygen atoms in total. The van der Waals surface area contributed by atoms with E-state index in [4.69, 9.17) is 4.74 Å². The zero-order valence-electron chi connectivity index (χ0n) is 14.9. The summed E-state index contributed by atoms with van der Waals surface area (Å²) in [6.45, 7) is 6.67. The van der Waals surface area contributed by atoms with Crippen LogP contribution in [0.4, 0.5) is 0 Å². The van der Waals surface area contributed by atoms with E-state index in [1.807, 2.05) is 49.0 Å². The summed E-state index contributed by atoms with van der Waals surface area (Å²) in [6.07, 6.45) is 5.06. The Kier molecular flexibility index (Phi) is 5.38. The zero-order valence-corrected chi connectivity index (χ0v) is 14.9. The number of nitrogens with zero attached hydrogens (tertiary/aromatic N) is 2. The maximum absolute atomic E-state index is 13.1. The van der Waals surface area contributed by atoms with Gasteiger partial charge in [-0.3, -0.25) is 9.48 Å². The summed E-state index contributed by atoms with van der Waals surface area (Å²) in [7, 11) is 0. The van der Waals surface area contributed by atoms with Gasteiger partial charge in [0, 0.05) is 24.5 Å². The minimum absolute atomic E-state index is 0.0146. The molecule has 134 valence electrons. The summed E-state index contributed by atoms with van der Waals surface area (Å²) >= 11 is 0. The predicted molar refractivity (Wildman–Crippen MR) is 96.5 cm³/mol. The number of carbonyl (C=O) groups excluding carboxylic acids is 1. The molecule has 25 heavy (non-hydrogen) atoms. The second-order valence-corrected chi connectivity index (χ2v) is 6.46. The molecule has 1 aromatic carbocycles. The standard InChI is InChI=1S/C19H26N4O2/c1-3-25-17-13-15(2)5-6-16(17)14-21-18(24)19(7-10-20-11-8-19)23-12-4-9-22-23/h4-6,9,12-13,20H,3,7-8,10-11,14H2,1-2H3,(H,21,24). The molecular formula is C19H26N4O2. The molecule has 0 bridgehead atoms. The maximum Gasteiger partial charge on any atom is 0.248 e. The number of rotatable bonds is 6. The van der Waals surface area contributed by atoms with Crippen LogP contribution in [-0.2, 0) is 16.9 Å². The molecule has 0 radical (unpaired) electrons. The number of nitrogens with one attached hydrogen (secondary N) is 2. The third kappa shape index (κ3) is 3.69. The van der Waals surface area contributed by atoms with Gasteiger partial charge in [-0.1, -0.05) is 12.1 Å². The summed E-state index contributed by atoms with van der Waals surface area (Å²) in [5.74, 6) is 0.849. The Bertz CT molecular complexity index is 706. The summed E-state index contributed by atoms with van der Waals surface area (Å²) in [5.41, 5.74) is 1.51. The molecule has 0 saturated carbocycles. The topological polar surface area (TPSA) is 68.2 Å². The number of ether oxygens (including phenoxy) is 1. The lowest BCUT2D eigenvalue weighted by Crippen LogP contribution is -2.54. The monoisotopic (exact) mass is 342 g/mol. The fourth-order valence-corrected chi connectivity index (χ4v) is 3.36. The van der Waals surface area contributed by atoms with Crippen molar-refractivity contribution in [3.8, 4) is 5.75 Å². The van der Waals surface area contributed by atoms with Gasteiger partial charge >= 0.3 is 0 Å². The first kappa shape index (κ1) is 17.5. The van der Waals surface area contributed by atoms with Crippen LogP contribution in [0.5, 0.6) is 5.75 Å². The van der Waals surface area contributed by atoms with Crippen molar-refractivity contribution in [3.05, 3.63) is 47.8 Å². The number of hydrogen-bond acceptors (Lipinski definition) is 4. The van der Waals surface area contributed by atoms with Gasteiger partial charge in [0.25, 0.3) is 0 Å². The number of piperidine rings is 1. The fraction of sp³-hybridized carbons (Fsp3) is 0.474. The van der Waals surface area contributed by atoms with Gasteiger partial charge in [-0.2, -0.15) is 5.10 Å². The molecule has 0 unspecified atom stereocenters. The van der Waals surface area contributed by atoms with Crippen molar-refractivity contribution in [1.82, 2.24) is 20.4 Å². The van der Waals surface area contributed by atoms with Gasteiger partial charge in [-0.25, -0.2) is 0 Å². The SMILES string of the molecule is CCOc1cc(C)ccc1CNC(=O)C1(n2cccn2)CCNCC1. The Morgan fingerprint density at radius 2 is 2.20 bits per heavy atom. The Morgan fingerprint density at radius 3 is 2.88 bits per heavy atom. The molecule has 1 fully saturated rings. The molecule has 6 heteroatoms. The smallest absolute Gasteiger partial charge is 0.248 e. The van der Waals surface area contributed by atoms with Gasteiger partial charge in [0.1, 0.15) is 11.3 Å². The number of amides is 1. The lowest BCUT2D eigenvalue weighted by atomic mass is 9.87. The van der Waals surface area contributed by atoms with Crippen molar-refractivity contribution in [2.75, 3.05) is 19.7 Å². The second kappa shape index (κ2) is 7.70. The minimum atomic E-state index is -0.620. The van der Waals surface area contributed by atoms with Gasteiger partial charge in [-0.15, -0.1) is 0 Å². The van der Waals surface area contributed by atoms with E-state index < -0.39 is 5.54 Å². The summed E-state index contributed by atoms with van der Waals surface area (Å²) in [5, 5.41) is 10.8. The fourth-order valence-electron chi connectivity index (χ4n) is 3.36. The average molecular weight is 342 g/mol. The predicted octanol–water partition coefficient (Wildman–Crippen LogP) is 1.99. The normalized spacial score (nSPS) is 16.4. The van der Waals surface area contributed by atoms with Gasteiger partial charge in [0.15, 0.2) is 0 Å². The molecule has 1 amide bonds. The summed E-state index contributed by atoms with van der Waals surface area (Å²) in [6, 6.07) is 7.93. The molecule has 2 aromatic rings. The van der Waals surface area contributed by atoms with Gasteiger partial charge in [-0.05, 0) is 57.5 Å². The van der Waals surface area contributed by atoms with E-state index in [9.17, 15) is 4.79 Å². The first-order chi connectivity index (χ1) is 12.2. The van der Waals surface area contributed by atoms with Gasteiger partial charge < -0.3 is 15.4 Å². The third-order valence-electron chi connectivity index (χ3n) is 4.76. The summed E-state index contributed by atoms with van der Waals surface area (Å²) < 4.78 is 7.52. The maximum atomic E-state index is 13.1. The molecule has 1 aromatic heterocycles. The zero-order chi connectivity index (χ0) is 17.7. The average Bonchev–Trinajstić information content (AvgIpc) is 3.17. The quantitative estimate of drug-likeness (QED) is 0.842. The molecule has 1 aliphatic heterocycles. The van der Waals surface area contributed by atoms with Crippen LogP contribution in [0.3, 0.4) is 0 Å². The molecule has 1 aliphatic rings. The molecular weight excluding hydrogens is 316 g/mol. The number of aromatic nitrogens is 2. The first-order valence-corrected chi connectivity index (χ1v) is 8.87. The van der Waals surface area contributed by atoms with E-state index in [0.717, 1.165) is 42.8 Å². The van der Waals surface area contributed by atoms with E-state index >= 15 is 0 Å². The van der Waals surface area contributed by atoms with Crippen molar-refractivity contribution in [2.24, 2.45) is 0 Å². The van der Waals surface area contributed by atoms with E-state index in [-0.39, 0.29) is 5.91 Å². The molecule has 1 saturated heterocycles. The lowest BCUT2D eigenvalue weighted by Gasteiger charge is -2.36. The van der Waals surface area contributed by atoms with Crippen LogP contribution < -0.4 is 15.4 Å². The van der Waals surface area contributed by atoms with Crippen LogP contribution in [0.1, 0.15) is 30.9 Å². The molecule has 0 atom stereocenters. The highest BCUT2D eigenvalue weighted by atomic mass is 16.5. The summed E-state index contributed by atoms with van der Waals surface area (Å²) in [4.78, 5) is 13.1. The van der Waals surface area contributed by atoms with Crippen molar-refractivity contribution >= 4 is 5.91 Å². The molecule has 2 N–H and O–H groups in total. The van der Waals surface area contributed by atoms with Crippen LogP contribution in [0.25, 0.3) is 0 Å². The van der Waals surface area contributed by atoms with Crippen LogP contribution in [0.2, 0.25) is 0 Å². The highest BCUT2D eigenvalue weighted by Crippen LogP contribution is 2.28. The van der Waals surface area contributed by atoms with Crippen molar-refractivity contribution in [2.45, 2.75) is 38.8 Å². The molecule has 0 aliphatic carbocycles. The highest BCUT2D eigenvalue weighted by Gasteiger charge is 2.41. The number of aryl methyl sites for hydroxylation is 1. The van der Waals surface area contributed by atoms with Crippen molar-refractivity contribution in [3.63, 3.8) is 0 Å². The number of hydrogen-bond donors (Lipinski definition) is 2. The third-order valence-corrected chi connectivity index (χ3v) is 4.76. The Balaban J connectivity index is 1.77. The Hall–Kier alpha value is -2.34. The van der Waals surface area contributed by atoms with Crippen LogP contribution in [0.15, 0.2) is 36.7 Å². The largest absolute Gasteiger partial charge is 0.494 e. The first-order valence-electron chi connectivity index (χ1n) is 8.87. The van der Waals surface area contributed by atoms with E-state index in [2.05, 4.69) is 15.7 Å². The molecule has 0 spiro atoms. The number of benzene rings is 1. The van der Waals surface area contributed by atoms with E-state index in [0.29, 0.717) is 13.2 Å². The van der Waals surface area contributed by atoms with Crippen molar-refractivity contribution < 1.29 is 9.53 Å². The lowest BCUT2D eigenvalue weighted by molar-refractivity contribution is -0.132. The van der Waals surface area contributed by atoms with Crippen LogP contribution in [-0.4, -0.2) is 35.4 Å². The minimum Gasteiger partial charge on any atom is -0.494 e. The number of carbonyl (C=O) groups is 1. The van der Waals surface area contributed by atoms with Crippen LogP contribution in [0, 0.1) is 6.92 Å². The molecule has 2 heterocycles. The van der Waals surface area contributed by atoms with E-state index in [1.165, 1.54) is 0 Å². The van der Waals surface area contributed by atoms with Crippen LogP contribution >= 0.6 is 0 Å². The second-order valence-electron chi connectivity index (χ2n) is 6.46. The Labute approximate surface area is 148 Å². The van der Waals surface area contributed by atoms with E-state index in [1.54, 1.807) is 6.20 Å². The van der Waals surface area contributed by atoms with Crippen molar-refractivity contribution in [1.29, 1.82) is 0 Å².